The third kappa shape index (κ3) is 4.30. The van der Waals surface area contributed by atoms with Crippen molar-refractivity contribution < 1.29 is 14.3 Å². The normalized spacial score (nSPS) is 10.5. The van der Waals surface area contributed by atoms with Gasteiger partial charge in [-0.3, -0.25) is 18.7 Å². The number of Topliss-reactive ketones (excluding diaryl/α,β-unsaturated/α-hetero) is 1. The lowest BCUT2D eigenvalue weighted by Gasteiger charge is -2.12. The predicted octanol–water partition coefficient (Wildman–Crippen LogP) is 0.918. The van der Waals surface area contributed by atoms with Crippen LogP contribution in [0.4, 0.5) is 11.5 Å². The Hall–Kier alpha value is -3.36. The first-order valence-electron chi connectivity index (χ1n) is 8.88. The number of esters is 1. The largest absolute Gasteiger partial charge is 0.454 e. The Morgan fingerprint density at radius 3 is 2.50 bits per heavy atom. The predicted molar refractivity (Wildman–Crippen MR) is 106 cm³/mol. The summed E-state index contributed by atoms with van der Waals surface area (Å²) < 4.78 is 6.86. The fourth-order valence-corrected chi connectivity index (χ4v) is 2.62. The molecule has 3 N–H and O–H groups in total. The maximum atomic E-state index is 12.4. The van der Waals surface area contributed by atoms with Gasteiger partial charge < -0.3 is 15.8 Å². The van der Waals surface area contributed by atoms with Gasteiger partial charge in [0.15, 0.2) is 6.61 Å². The molecule has 0 spiro atoms. The van der Waals surface area contributed by atoms with Gasteiger partial charge in [0.05, 0.1) is 5.56 Å². The second-order valence-corrected chi connectivity index (χ2v) is 6.29. The van der Waals surface area contributed by atoms with Gasteiger partial charge in [0.1, 0.15) is 11.4 Å². The van der Waals surface area contributed by atoms with E-state index in [2.05, 4.69) is 12.2 Å². The molecule has 1 heterocycles. The summed E-state index contributed by atoms with van der Waals surface area (Å²) in [5.41, 5.74) is 4.77. The average molecular weight is 388 g/mol. The molecule has 0 radical (unpaired) electrons. The smallest absolute Gasteiger partial charge is 0.340 e. The van der Waals surface area contributed by atoms with E-state index < -0.39 is 29.6 Å². The van der Waals surface area contributed by atoms with Crippen molar-refractivity contribution in [3.05, 3.63) is 56.2 Å². The van der Waals surface area contributed by atoms with E-state index in [1.165, 1.54) is 14.1 Å². The molecule has 2 rings (SSSR count). The highest BCUT2D eigenvalue weighted by atomic mass is 16.5. The van der Waals surface area contributed by atoms with Gasteiger partial charge >= 0.3 is 11.7 Å². The molecule has 150 valence electrons. The number of anilines is 2. The fraction of sp³-hybridized carbons (Fsp3) is 0.368. The highest BCUT2D eigenvalue weighted by Crippen LogP contribution is 2.16. The van der Waals surface area contributed by atoms with Crippen LogP contribution in [0.15, 0.2) is 33.9 Å². The van der Waals surface area contributed by atoms with Crippen LogP contribution in [0.5, 0.6) is 0 Å². The number of carbonyl (C=O) groups is 2. The van der Waals surface area contributed by atoms with Gasteiger partial charge in [0.25, 0.3) is 5.56 Å². The standard InChI is InChI=1S/C19H24N4O5/c1-4-5-10-21-13-9-7-6-8-12(13)18(26)28-11-14(24)15-16(20)22(2)19(27)23(3)17(15)25/h6-9,21H,4-5,10-11,20H2,1-3H3. The van der Waals surface area contributed by atoms with Gasteiger partial charge in [0, 0.05) is 26.3 Å². The highest BCUT2D eigenvalue weighted by Gasteiger charge is 2.22. The lowest BCUT2D eigenvalue weighted by molar-refractivity contribution is 0.0475. The van der Waals surface area contributed by atoms with Crippen LogP contribution < -0.4 is 22.3 Å². The molecule has 0 aliphatic rings. The first kappa shape index (κ1) is 20.9. The topological polar surface area (TPSA) is 125 Å². The number of ketones is 1. The molecule has 0 saturated carbocycles. The summed E-state index contributed by atoms with van der Waals surface area (Å²) in [6.45, 7) is 2.09. The van der Waals surface area contributed by atoms with Crippen LogP contribution in [0, 0.1) is 0 Å². The van der Waals surface area contributed by atoms with E-state index in [9.17, 15) is 19.2 Å². The molecule has 0 aliphatic carbocycles. The Morgan fingerprint density at radius 2 is 1.82 bits per heavy atom. The monoisotopic (exact) mass is 388 g/mol. The van der Waals surface area contributed by atoms with Crippen LogP contribution in [0.3, 0.4) is 0 Å². The summed E-state index contributed by atoms with van der Waals surface area (Å²) >= 11 is 0. The van der Waals surface area contributed by atoms with Crippen molar-refractivity contribution in [1.82, 2.24) is 9.13 Å². The minimum atomic E-state index is -0.830. The van der Waals surface area contributed by atoms with Crippen LogP contribution in [-0.2, 0) is 18.8 Å². The average Bonchev–Trinajstić information content (AvgIpc) is 2.69. The molecule has 1 aromatic carbocycles. The lowest BCUT2D eigenvalue weighted by Crippen LogP contribution is -2.42. The maximum absolute atomic E-state index is 12.4. The van der Waals surface area contributed by atoms with E-state index in [1.54, 1.807) is 24.3 Å². The van der Waals surface area contributed by atoms with Crippen LogP contribution >= 0.6 is 0 Å². The summed E-state index contributed by atoms with van der Waals surface area (Å²) in [5.74, 6) is -1.75. The number of rotatable bonds is 8. The highest BCUT2D eigenvalue weighted by molar-refractivity contribution is 6.03. The number of aromatic nitrogens is 2. The number of ether oxygens (including phenoxy) is 1. The third-order valence-corrected chi connectivity index (χ3v) is 4.32. The molecular formula is C19H24N4O5. The van der Waals surface area contributed by atoms with Crippen molar-refractivity contribution >= 4 is 23.3 Å². The molecule has 0 fully saturated rings. The van der Waals surface area contributed by atoms with Gasteiger partial charge in [-0.1, -0.05) is 25.5 Å². The summed E-state index contributed by atoms with van der Waals surface area (Å²) in [4.78, 5) is 48.9. The van der Waals surface area contributed by atoms with Gasteiger partial charge in [-0.05, 0) is 18.6 Å². The van der Waals surface area contributed by atoms with Crippen molar-refractivity contribution in [2.75, 3.05) is 24.2 Å². The molecule has 0 amide bonds. The summed E-state index contributed by atoms with van der Waals surface area (Å²) in [6, 6.07) is 6.80. The number of nitrogens with two attached hydrogens (primary N) is 1. The SMILES string of the molecule is CCCCNc1ccccc1C(=O)OCC(=O)c1c(N)n(C)c(=O)n(C)c1=O. The maximum Gasteiger partial charge on any atom is 0.340 e. The number of unbranched alkanes of at least 4 members (excludes halogenated alkanes) is 1. The molecule has 28 heavy (non-hydrogen) atoms. The van der Waals surface area contributed by atoms with Gasteiger partial charge in [-0.2, -0.15) is 0 Å². The third-order valence-electron chi connectivity index (χ3n) is 4.32. The van der Waals surface area contributed by atoms with E-state index in [0.717, 1.165) is 22.0 Å². The van der Waals surface area contributed by atoms with Crippen molar-refractivity contribution in [1.29, 1.82) is 0 Å². The molecule has 0 atom stereocenters. The van der Waals surface area contributed by atoms with E-state index >= 15 is 0 Å². The Kier molecular flexibility index (Phi) is 6.75. The summed E-state index contributed by atoms with van der Waals surface area (Å²) in [5, 5.41) is 3.16. The van der Waals surface area contributed by atoms with Crippen LogP contribution in [0.2, 0.25) is 0 Å². The second kappa shape index (κ2) is 9.03. The molecule has 9 heteroatoms. The molecule has 1 aromatic heterocycles. The summed E-state index contributed by atoms with van der Waals surface area (Å²) in [6.07, 6.45) is 1.95. The number of hydrogen-bond acceptors (Lipinski definition) is 7. The van der Waals surface area contributed by atoms with Crippen LogP contribution in [0.1, 0.15) is 40.5 Å². The van der Waals surface area contributed by atoms with Crippen LogP contribution in [-0.4, -0.2) is 34.0 Å². The number of carbonyl (C=O) groups excluding carboxylic acids is 2. The Morgan fingerprint density at radius 1 is 1.14 bits per heavy atom. The quantitative estimate of drug-likeness (QED) is 0.391. The molecule has 0 bridgehead atoms. The zero-order valence-electron chi connectivity index (χ0n) is 16.2. The minimum Gasteiger partial charge on any atom is -0.454 e. The number of para-hydroxylation sites is 1. The number of nitrogens with one attached hydrogen (secondary N) is 1. The molecule has 0 aliphatic heterocycles. The van der Waals surface area contributed by atoms with Crippen LogP contribution in [0.25, 0.3) is 0 Å². The van der Waals surface area contributed by atoms with Crippen molar-refractivity contribution in [2.24, 2.45) is 14.1 Å². The zero-order valence-corrected chi connectivity index (χ0v) is 16.2. The van der Waals surface area contributed by atoms with Gasteiger partial charge in [-0.15, -0.1) is 0 Å². The molecule has 9 nitrogen and oxygen atoms in total. The first-order valence-corrected chi connectivity index (χ1v) is 8.88. The number of hydrogen-bond donors (Lipinski definition) is 2. The number of nitrogen functional groups attached to an aromatic ring is 1. The molecule has 0 unspecified atom stereocenters. The Labute approximate surface area is 161 Å². The number of nitrogens with zero attached hydrogens (tertiary/aromatic N) is 2. The van der Waals surface area contributed by atoms with Gasteiger partial charge in [0.2, 0.25) is 5.78 Å². The van der Waals surface area contributed by atoms with Crippen molar-refractivity contribution in [3.8, 4) is 0 Å². The molecule has 0 saturated heterocycles. The van der Waals surface area contributed by atoms with E-state index in [0.29, 0.717) is 12.2 Å². The van der Waals surface area contributed by atoms with E-state index in [1.807, 2.05) is 0 Å². The number of benzene rings is 1. The fourth-order valence-electron chi connectivity index (χ4n) is 2.62. The second-order valence-electron chi connectivity index (χ2n) is 6.29. The van der Waals surface area contributed by atoms with E-state index in [-0.39, 0.29) is 16.9 Å². The van der Waals surface area contributed by atoms with E-state index in [4.69, 9.17) is 10.5 Å². The van der Waals surface area contributed by atoms with Gasteiger partial charge in [-0.25, -0.2) is 9.59 Å². The van der Waals surface area contributed by atoms with Crippen molar-refractivity contribution in [3.63, 3.8) is 0 Å². The molecular weight excluding hydrogens is 364 g/mol. The molecule has 2 aromatic rings. The zero-order chi connectivity index (χ0) is 20.8. The Bertz CT molecular complexity index is 1010. The van der Waals surface area contributed by atoms with Crippen molar-refractivity contribution in [2.45, 2.75) is 19.8 Å². The first-order chi connectivity index (χ1) is 13.3. The Balaban J connectivity index is 2.18. The lowest BCUT2D eigenvalue weighted by atomic mass is 10.1. The summed E-state index contributed by atoms with van der Waals surface area (Å²) in [7, 11) is 2.59. The minimum absolute atomic E-state index is 0.268.